The number of nitrogens with one attached hydrogen (secondary N) is 2. The van der Waals surface area contributed by atoms with Gasteiger partial charge in [0.2, 0.25) is 0 Å². The lowest BCUT2D eigenvalue weighted by molar-refractivity contribution is 0.380. The minimum atomic E-state index is 0.360. The first-order chi connectivity index (χ1) is 10.5. The molecular weight excluding hydrogens is 294 g/mol. The summed E-state index contributed by atoms with van der Waals surface area (Å²) in [5, 5.41) is 13.2. The van der Waals surface area contributed by atoms with Crippen molar-refractivity contribution in [1.29, 1.82) is 0 Å². The molecule has 1 aromatic carbocycles. The van der Waals surface area contributed by atoms with Gasteiger partial charge in [0, 0.05) is 23.9 Å². The van der Waals surface area contributed by atoms with Crippen LogP contribution in [0.25, 0.3) is 10.9 Å². The van der Waals surface area contributed by atoms with Crippen LogP contribution in [0.2, 0.25) is 5.02 Å². The summed E-state index contributed by atoms with van der Waals surface area (Å²) in [6, 6.07) is 6.62. The molecule has 0 amide bonds. The predicted octanol–water partition coefficient (Wildman–Crippen LogP) is 4.34. The molecule has 0 aliphatic heterocycles. The molecule has 0 saturated heterocycles. The second-order valence-electron chi connectivity index (χ2n) is 7.78. The maximum atomic E-state index is 6.35. The van der Waals surface area contributed by atoms with Crippen LogP contribution in [0.3, 0.4) is 0 Å². The SMILES string of the molecule is CC(CN[C@H]1C[C@@H]2[C@H](C1)C2(C)C)c1n[nH]c2cccc(Cl)c12. The van der Waals surface area contributed by atoms with Crippen LogP contribution in [0, 0.1) is 17.3 Å². The van der Waals surface area contributed by atoms with Crippen molar-refractivity contribution in [2.45, 2.75) is 45.6 Å². The van der Waals surface area contributed by atoms with Gasteiger partial charge < -0.3 is 5.32 Å². The van der Waals surface area contributed by atoms with Gasteiger partial charge >= 0.3 is 0 Å². The van der Waals surface area contributed by atoms with Crippen LogP contribution in [0.5, 0.6) is 0 Å². The van der Waals surface area contributed by atoms with Crippen LogP contribution in [0.1, 0.15) is 45.2 Å². The highest BCUT2D eigenvalue weighted by molar-refractivity contribution is 6.35. The van der Waals surface area contributed by atoms with E-state index in [1.54, 1.807) is 0 Å². The largest absolute Gasteiger partial charge is 0.313 e. The van der Waals surface area contributed by atoms with E-state index in [0.717, 1.165) is 40.0 Å². The van der Waals surface area contributed by atoms with Crippen LogP contribution in [-0.4, -0.2) is 22.8 Å². The van der Waals surface area contributed by atoms with Crippen LogP contribution in [0.4, 0.5) is 0 Å². The van der Waals surface area contributed by atoms with Crippen molar-refractivity contribution in [3.8, 4) is 0 Å². The Morgan fingerprint density at radius 1 is 1.36 bits per heavy atom. The Bertz CT molecular complexity index is 691. The number of benzene rings is 1. The summed E-state index contributed by atoms with van der Waals surface area (Å²) in [6.07, 6.45) is 2.68. The Labute approximate surface area is 136 Å². The van der Waals surface area contributed by atoms with Crippen molar-refractivity contribution < 1.29 is 0 Å². The molecule has 4 rings (SSSR count). The highest BCUT2D eigenvalue weighted by Gasteiger charge is 2.61. The molecule has 1 heterocycles. The number of H-pyrrole nitrogens is 1. The maximum absolute atomic E-state index is 6.35. The molecule has 2 N–H and O–H groups in total. The van der Waals surface area contributed by atoms with E-state index >= 15 is 0 Å². The molecule has 0 spiro atoms. The fourth-order valence-electron chi connectivity index (χ4n) is 4.52. The van der Waals surface area contributed by atoms with Crippen LogP contribution in [0.15, 0.2) is 18.2 Å². The Kier molecular flexibility index (Phi) is 3.28. The van der Waals surface area contributed by atoms with E-state index in [1.807, 2.05) is 18.2 Å². The van der Waals surface area contributed by atoms with Gasteiger partial charge in [0.05, 0.1) is 16.2 Å². The van der Waals surface area contributed by atoms with Crippen LogP contribution in [-0.2, 0) is 0 Å². The first kappa shape index (κ1) is 14.5. The molecule has 118 valence electrons. The third-order valence-electron chi connectivity index (χ3n) is 6.11. The molecule has 1 unspecified atom stereocenters. The third-order valence-corrected chi connectivity index (χ3v) is 6.43. The Morgan fingerprint density at radius 2 is 2.09 bits per heavy atom. The second kappa shape index (κ2) is 4.97. The number of halogens is 1. The number of hydrogen-bond donors (Lipinski definition) is 2. The number of fused-ring (bicyclic) bond motifs is 2. The summed E-state index contributed by atoms with van der Waals surface area (Å²) >= 11 is 6.35. The smallest absolute Gasteiger partial charge is 0.0756 e. The molecule has 22 heavy (non-hydrogen) atoms. The summed E-state index contributed by atoms with van der Waals surface area (Å²) in [6.45, 7) is 8.03. The number of aromatic amines is 1. The van der Waals surface area contributed by atoms with Crippen molar-refractivity contribution >= 4 is 22.5 Å². The van der Waals surface area contributed by atoms with Gasteiger partial charge in [-0.15, -0.1) is 0 Å². The molecular formula is C18H24ClN3. The minimum absolute atomic E-state index is 0.360. The number of rotatable bonds is 4. The molecule has 2 fully saturated rings. The van der Waals surface area contributed by atoms with Gasteiger partial charge in [-0.3, -0.25) is 5.10 Å². The van der Waals surface area contributed by atoms with Crippen molar-refractivity contribution in [2.24, 2.45) is 17.3 Å². The van der Waals surface area contributed by atoms with E-state index in [1.165, 1.54) is 12.8 Å². The van der Waals surface area contributed by atoms with Gasteiger partial charge in [-0.25, -0.2) is 0 Å². The molecule has 3 nitrogen and oxygen atoms in total. The van der Waals surface area contributed by atoms with E-state index in [9.17, 15) is 0 Å². The molecule has 0 radical (unpaired) electrons. The molecule has 2 aliphatic carbocycles. The molecule has 4 atom stereocenters. The topological polar surface area (TPSA) is 40.7 Å². The monoisotopic (exact) mass is 317 g/mol. The van der Waals surface area contributed by atoms with E-state index < -0.39 is 0 Å². The molecule has 1 aromatic heterocycles. The Morgan fingerprint density at radius 3 is 2.82 bits per heavy atom. The zero-order valence-electron chi connectivity index (χ0n) is 13.5. The molecule has 0 bridgehead atoms. The fraction of sp³-hybridized carbons (Fsp3) is 0.611. The molecule has 2 aromatic rings. The van der Waals surface area contributed by atoms with E-state index in [-0.39, 0.29) is 0 Å². The summed E-state index contributed by atoms with van der Waals surface area (Å²) in [5.74, 6) is 2.25. The zero-order chi connectivity index (χ0) is 15.5. The quantitative estimate of drug-likeness (QED) is 0.880. The van der Waals surface area contributed by atoms with Crippen molar-refractivity contribution in [3.05, 3.63) is 28.9 Å². The molecule has 4 heteroatoms. The fourth-order valence-corrected chi connectivity index (χ4v) is 4.79. The van der Waals surface area contributed by atoms with Gasteiger partial charge in [-0.05, 0) is 42.2 Å². The lowest BCUT2D eigenvalue weighted by atomic mass is 9.97. The first-order valence-corrected chi connectivity index (χ1v) is 8.72. The average molecular weight is 318 g/mol. The third kappa shape index (κ3) is 2.17. The Balaban J connectivity index is 1.41. The lowest BCUT2D eigenvalue weighted by Crippen LogP contribution is -2.32. The molecule has 2 saturated carbocycles. The summed E-state index contributed by atoms with van der Waals surface area (Å²) in [7, 11) is 0. The minimum Gasteiger partial charge on any atom is -0.313 e. The molecule has 2 aliphatic rings. The highest BCUT2D eigenvalue weighted by atomic mass is 35.5. The van der Waals surface area contributed by atoms with E-state index in [4.69, 9.17) is 11.6 Å². The van der Waals surface area contributed by atoms with Gasteiger partial charge in [-0.1, -0.05) is 38.4 Å². The van der Waals surface area contributed by atoms with Crippen molar-refractivity contribution in [3.63, 3.8) is 0 Å². The number of aromatic nitrogens is 2. The van der Waals surface area contributed by atoms with Crippen molar-refractivity contribution in [2.75, 3.05) is 6.54 Å². The van der Waals surface area contributed by atoms with Crippen LogP contribution >= 0.6 is 11.6 Å². The van der Waals surface area contributed by atoms with Gasteiger partial charge in [0.1, 0.15) is 0 Å². The van der Waals surface area contributed by atoms with Gasteiger partial charge in [0.25, 0.3) is 0 Å². The number of hydrogen-bond acceptors (Lipinski definition) is 2. The predicted molar refractivity (Wildman–Crippen MR) is 91.3 cm³/mol. The average Bonchev–Trinajstić information content (AvgIpc) is 2.94. The lowest BCUT2D eigenvalue weighted by Gasteiger charge is -2.20. The standard InChI is InChI=1S/C18H24ClN3/c1-10(9-20-11-7-12-13(8-11)18(12,2)3)17-16-14(19)5-4-6-15(16)21-22-17/h4-6,10-13,20H,7-9H2,1-3H3,(H,21,22)/t10?,11-,12+,13-. The number of nitrogens with zero attached hydrogens (tertiary/aromatic N) is 1. The van der Waals surface area contributed by atoms with Gasteiger partial charge in [-0.2, -0.15) is 5.10 Å². The normalized spacial score (nSPS) is 30.5. The zero-order valence-corrected chi connectivity index (χ0v) is 14.2. The summed E-state index contributed by atoms with van der Waals surface area (Å²) in [5.41, 5.74) is 2.71. The van der Waals surface area contributed by atoms with Crippen molar-refractivity contribution in [1.82, 2.24) is 15.5 Å². The highest BCUT2D eigenvalue weighted by Crippen LogP contribution is 2.66. The van der Waals surface area contributed by atoms with E-state index in [2.05, 4.69) is 36.3 Å². The van der Waals surface area contributed by atoms with Crippen LogP contribution < -0.4 is 5.32 Å². The second-order valence-corrected chi connectivity index (χ2v) is 8.19. The van der Waals surface area contributed by atoms with Gasteiger partial charge in [0.15, 0.2) is 0 Å². The first-order valence-electron chi connectivity index (χ1n) is 8.34. The van der Waals surface area contributed by atoms with E-state index in [0.29, 0.717) is 17.4 Å². The summed E-state index contributed by atoms with van der Waals surface area (Å²) in [4.78, 5) is 0. The Hall–Kier alpha value is -1.06. The summed E-state index contributed by atoms with van der Waals surface area (Å²) < 4.78 is 0. The maximum Gasteiger partial charge on any atom is 0.0756 e.